The molecule has 1 aromatic rings. The first-order chi connectivity index (χ1) is 7.24. The predicted octanol–water partition coefficient (Wildman–Crippen LogP) is 1.93. The normalized spacial score (nSPS) is 14.1. The molecule has 0 aliphatic heterocycles. The van der Waals surface area contributed by atoms with E-state index in [4.69, 9.17) is 10.9 Å². The summed E-state index contributed by atoms with van der Waals surface area (Å²) in [6.07, 6.45) is 1.50. The van der Waals surface area contributed by atoms with Crippen LogP contribution in [0.2, 0.25) is 0 Å². The molecule has 0 fully saturated rings. The number of nitrogens with two attached hydrogens (primary N) is 1. The summed E-state index contributed by atoms with van der Waals surface area (Å²) in [5, 5.41) is 18.9. The molecule has 0 aliphatic carbocycles. The highest BCUT2D eigenvalue weighted by Crippen LogP contribution is 2.15. The summed E-state index contributed by atoms with van der Waals surface area (Å²) in [7, 11) is 0. The van der Waals surface area contributed by atoms with Crippen LogP contribution < -0.4 is 11.1 Å². The molecule has 0 aliphatic rings. The van der Waals surface area contributed by atoms with Gasteiger partial charge in [-0.3, -0.25) is 0 Å². The molecule has 1 rings (SSSR count). The quantitative estimate of drug-likeness (QED) is 0.229. The predicted molar refractivity (Wildman–Crippen MR) is 63.4 cm³/mol. The first-order valence-corrected chi connectivity index (χ1v) is 5.90. The van der Waals surface area contributed by atoms with Crippen molar-refractivity contribution >= 4 is 17.2 Å². The number of hydrogen-bond acceptors (Lipinski definition) is 4. The molecule has 84 valence electrons. The van der Waals surface area contributed by atoms with Crippen LogP contribution in [0.25, 0.3) is 0 Å². The summed E-state index contributed by atoms with van der Waals surface area (Å²) < 4.78 is 0. The summed E-state index contributed by atoms with van der Waals surface area (Å²) in [6, 6.07) is 2.48. The van der Waals surface area contributed by atoms with Crippen molar-refractivity contribution in [1.29, 1.82) is 0 Å². The molecule has 0 radical (unpaired) electrons. The zero-order chi connectivity index (χ0) is 11.1. The molecule has 0 spiro atoms. The Kier molecular flexibility index (Phi) is 5.14. The number of nitrogens with one attached hydrogen (secondary N) is 1. The second kappa shape index (κ2) is 6.42. The average Bonchev–Trinajstić information content (AvgIpc) is 2.77. The number of amidine groups is 1. The molecular weight excluding hydrogens is 210 g/mol. The van der Waals surface area contributed by atoms with Gasteiger partial charge in [0.25, 0.3) is 0 Å². The van der Waals surface area contributed by atoms with Crippen LogP contribution in [0.15, 0.2) is 22.0 Å². The minimum absolute atomic E-state index is 0.292. The molecule has 0 bridgehead atoms. The third-order valence-corrected chi connectivity index (χ3v) is 2.93. The maximum atomic E-state index is 8.34. The highest BCUT2D eigenvalue weighted by Gasteiger charge is 2.03. The largest absolute Gasteiger partial charge is 0.409 e. The van der Waals surface area contributed by atoms with Crippen molar-refractivity contribution in [3.05, 3.63) is 22.4 Å². The van der Waals surface area contributed by atoms with Gasteiger partial charge in [-0.2, -0.15) is 11.3 Å². The van der Waals surface area contributed by atoms with Crippen LogP contribution in [0.4, 0.5) is 0 Å². The number of nitrogens with zero attached hydrogens (tertiary/aromatic N) is 1. The molecule has 0 amide bonds. The molecule has 1 atom stereocenters. The van der Waals surface area contributed by atoms with Gasteiger partial charge >= 0.3 is 0 Å². The first kappa shape index (κ1) is 12.0. The Morgan fingerprint density at radius 1 is 1.73 bits per heavy atom. The van der Waals surface area contributed by atoms with Crippen LogP contribution in [0.1, 0.15) is 31.4 Å². The van der Waals surface area contributed by atoms with Gasteiger partial charge in [0.05, 0.1) is 0 Å². The van der Waals surface area contributed by atoms with E-state index in [-0.39, 0.29) is 0 Å². The van der Waals surface area contributed by atoms with Crippen LogP contribution in [-0.2, 0) is 0 Å². The number of thiophene rings is 1. The van der Waals surface area contributed by atoms with E-state index in [1.807, 2.05) is 0 Å². The molecule has 4 nitrogen and oxygen atoms in total. The highest BCUT2D eigenvalue weighted by atomic mass is 32.1. The lowest BCUT2D eigenvalue weighted by molar-refractivity contribution is 0.316. The molecule has 4 N–H and O–H groups in total. The fourth-order valence-corrected chi connectivity index (χ4v) is 2.03. The maximum Gasteiger partial charge on any atom is 0.139 e. The zero-order valence-corrected chi connectivity index (χ0v) is 9.63. The van der Waals surface area contributed by atoms with Crippen molar-refractivity contribution < 1.29 is 5.21 Å². The van der Waals surface area contributed by atoms with Gasteiger partial charge in [0.1, 0.15) is 5.84 Å². The van der Waals surface area contributed by atoms with Crippen molar-refractivity contribution in [2.45, 2.75) is 25.8 Å². The molecule has 1 unspecified atom stereocenters. The first-order valence-electron chi connectivity index (χ1n) is 4.96. The molecule has 0 aromatic carbocycles. The SMILES string of the molecule is CC(NCCCC(N)=NO)c1ccsc1. The van der Waals surface area contributed by atoms with Gasteiger partial charge in [-0.15, -0.1) is 0 Å². The summed E-state index contributed by atoms with van der Waals surface area (Å²) in [6.45, 7) is 3.00. The second-order valence-corrected chi connectivity index (χ2v) is 4.21. The molecular formula is C10H17N3OS. The molecule has 15 heavy (non-hydrogen) atoms. The summed E-state index contributed by atoms with van der Waals surface area (Å²) >= 11 is 1.70. The van der Waals surface area contributed by atoms with Crippen molar-refractivity contribution in [2.75, 3.05) is 6.54 Å². The van der Waals surface area contributed by atoms with Crippen molar-refractivity contribution in [3.8, 4) is 0 Å². The van der Waals surface area contributed by atoms with Gasteiger partial charge in [0, 0.05) is 12.5 Å². The standard InChI is InChI=1S/C10H17N3OS/c1-8(9-4-6-15-7-9)12-5-2-3-10(11)13-14/h4,6-8,12,14H,2-3,5H2,1H3,(H2,11,13). The Bertz CT molecular complexity index is 298. The third-order valence-electron chi connectivity index (χ3n) is 2.23. The lowest BCUT2D eigenvalue weighted by Crippen LogP contribution is -2.21. The van der Waals surface area contributed by atoms with E-state index < -0.39 is 0 Å². The van der Waals surface area contributed by atoms with E-state index in [0.717, 1.165) is 13.0 Å². The monoisotopic (exact) mass is 227 g/mol. The minimum Gasteiger partial charge on any atom is -0.409 e. The molecule has 1 heterocycles. The Hall–Kier alpha value is -1.07. The number of hydrogen-bond donors (Lipinski definition) is 3. The van der Waals surface area contributed by atoms with Crippen molar-refractivity contribution in [2.24, 2.45) is 10.9 Å². The fourth-order valence-electron chi connectivity index (χ4n) is 1.28. The molecule has 5 heteroatoms. The van der Waals surface area contributed by atoms with Crippen molar-refractivity contribution in [3.63, 3.8) is 0 Å². The van der Waals surface area contributed by atoms with Crippen molar-refractivity contribution in [1.82, 2.24) is 5.32 Å². The Balaban J connectivity index is 2.15. The van der Waals surface area contributed by atoms with Crippen LogP contribution in [0, 0.1) is 0 Å². The van der Waals surface area contributed by atoms with Crippen LogP contribution >= 0.6 is 11.3 Å². The number of oxime groups is 1. The van der Waals surface area contributed by atoms with E-state index in [0.29, 0.717) is 18.3 Å². The lowest BCUT2D eigenvalue weighted by atomic mass is 10.2. The van der Waals surface area contributed by atoms with Gasteiger partial charge in [-0.05, 0) is 42.3 Å². The Labute approximate surface area is 93.8 Å². The lowest BCUT2D eigenvalue weighted by Gasteiger charge is -2.11. The second-order valence-electron chi connectivity index (χ2n) is 3.43. The van der Waals surface area contributed by atoms with Gasteiger partial charge < -0.3 is 16.3 Å². The number of rotatable bonds is 6. The maximum absolute atomic E-state index is 8.34. The molecule has 1 aromatic heterocycles. The topological polar surface area (TPSA) is 70.6 Å². The third kappa shape index (κ3) is 4.31. The molecule has 0 saturated carbocycles. The van der Waals surface area contributed by atoms with Crippen LogP contribution in [0.3, 0.4) is 0 Å². The van der Waals surface area contributed by atoms with Crippen LogP contribution in [-0.4, -0.2) is 17.6 Å². The average molecular weight is 227 g/mol. The highest BCUT2D eigenvalue weighted by molar-refractivity contribution is 7.07. The van der Waals surface area contributed by atoms with E-state index >= 15 is 0 Å². The van der Waals surface area contributed by atoms with Crippen LogP contribution in [0.5, 0.6) is 0 Å². The van der Waals surface area contributed by atoms with E-state index in [1.54, 1.807) is 11.3 Å². The summed E-state index contributed by atoms with van der Waals surface area (Å²) in [5.41, 5.74) is 6.67. The van der Waals surface area contributed by atoms with E-state index in [9.17, 15) is 0 Å². The summed E-state index contributed by atoms with van der Waals surface area (Å²) in [4.78, 5) is 0. The summed E-state index contributed by atoms with van der Waals surface area (Å²) in [5.74, 6) is 0.292. The zero-order valence-electron chi connectivity index (χ0n) is 8.81. The minimum atomic E-state index is 0.292. The van der Waals surface area contributed by atoms with Gasteiger partial charge in [0.15, 0.2) is 0 Å². The molecule has 0 saturated heterocycles. The Morgan fingerprint density at radius 2 is 2.53 bits per heavy atom. The van der Waals surface area contributed by atoms with Gasteiger partial charge in [-0.25, -0.2) is 0 Å². The Morgan fingerprint density at radius 3 is 3.13 bits per heavy atom. The fraction of sp³-hybridized carbons (Fsp3) is 0.500. The van der Waals surface area contributed by atoms with Gasteiger partial charge in [0.2, 0.25) is 0 Å². The van der Waals surface area contributed by atoms with Gasteiger partial charge in [-0.1, -0.05) is 5.16 Å². The smallest absolute Gasteiger partial charge is 0.139 e. The van der Waals surface area contributed by atoms with E-state index in [1.165, 1.54) is 5.56 Å². The van der Waals surface area contributed by atoms with E-state index in [2.05, 4.69) is 34.2 Å².